The van der Waals surface area contributed by atoms with Gasteiger partial charge in [-0.1, -0.05) is 6.07 Å². The van der Waals surface area contributed by atoms with Crippen molar-refractivity contribution in [2.24, 2.45) is 0 Å². The first-order valence-corrected chi connectivity index (χ1v) is 7.84. The molecule has 0 saturated carbocycles. The smallest absolute Gasteiger partial charge is 0.276 e. The molecule has 8 heteroatoms. The lowest BCUT2D eigenvalue weighted by Crippen LogP contribution is -2.18. The number of carbonyl (C=O) groups excluding carboxylic acids is 1. The van der Waals surface area contributed by atoms with Crippen LogP contribution >= 0.6 is 0 Å². The van der Waals surface area contributed by atoms with Crippen LogP contribution in [0, 0.1) is 6.92 Å². The van der Waals surface area contributed by atoms with Gasteiger partial charge < -0.3 is 5.32 Å². The summed E-state index contributed by atoms with van der Waals surface area (Å²) in [7, 11) is -3.36. The molecule has 0 saturated heterocycles. The molecule has 2 N–H and O–H groups in total. The number of amides is 1. The van der Waals surface area contributed by atoms with Crippen molar-refractivity contribution in [3.05, 3.63) is 51.9 Å². The van der Waals surface area contributed by atoms with E-state index in [1.54, 1.807) is 13.0 Å². The van der Waals surface area contributed by atoms with Gasteiger partial charge in [0.25, 0.3) is 11.5 Å². The highest BCUT2D eigenvalue weighted by Crippen LogP contribution is 2.20. The van der Waals surface area contributed by atoms with Gasteiger partial charge in [0.15, 0.2) is 9.84 Å². The minimum Gasteiger partial charge on any atom is -0.320 e. The molecule has 0 aliphatic carbocycles. The van der Waals surface area contributed by atoms with E-state index in [1.165, 1.54) is 24.3 Å². The highest BCUT2D eigenvalue weighted by atomic mass is 32.2. The number of nitrogens with zero attached hydrogens (tertiary/aromatic N) is 1. The molecular formula is C13H13N3O4S. The Hall–Kier alpha value is -2.48. The molecule has 0 unspecified atom stereocenters. The van der Waals surface area contributed by atoms with Gasteiger partial charge in [0.05, 0.1) is 4.90 Å². The summed E-state index contributed by atoms with van der Waals surface area (Å²) in [6.45, 7) is 1.74. The highest BCUT2D eigenvalue weighted by molar-refractivity contribution is 7.90. The van der Waals surface area contributed by atoms with E-state index in [-0.39, 0.29) is 10.6 Å². The predicted octanol–water partition coefficient (Wildman–Crippen LogP) is 0.734. The molecule has 7 nitrogen and oxygen atoms in total. The Kier molecular flexibility index (Phi) is 3.90. The summed E-state index contributed by atoms with van der Waals surface area (Å²) in [6, 6.07) is 6.92. The molecule has 0 aliphatic rings. The number of H-pyrrole nitrogens is 1. The second-order valence-corrected chi connectivity index (χ2v) is 6.53. The van der Waals surface area contributed by atoms with Crippen molar-refractivity contribution >= 4 is 21.4 Å². The number of rotatable bonds is 3. The normalized spacial score (nSPS) is 11.1. The maximum Gasteiger partial charge on any atom is 0.276 e. The molecule has 0 aliphatic heterocycles. The number of sulfone groups is 1. The maximum absolute atomic E-state index is 12.0. The third-order valence-electron chi connectivity index (χ3n) is 2.80. The van der Waals surface area contributed by atoms with Crippen LogP contribution in [-0.2, 0) is 9.84 Å². The summed E-state index contributed by atoms with van der Waals surface area (Å²) in [6.07, 6.45) is 1.09. The summed E-state index contributed by atoms with van der Waals surface area (Å²) in [5, 5.41) is 8.33. The number of aryl methyl sites for hydroxylation is 1. The van der Waals surface area contributed by atoms with Crippen molar-refractivity contribution in [3.8, 4) is 0 Å². The Balaban J connectivity index is 2.33. The van der Waals surface area contributed by atoms with E-state index in [0.717, 1.165) is 6.26 Å². The lowest BCUT2D eigenvalue weighted by molar-refractivity contribution is 0.102. The summed E-state index contributed by atoms with van der Waals surface area (Å²) < 4.78 is 23.0. The second-order valence-electron chi connectivity index (χ2n) is 4.51. The molecule has 0 bridgehead atoms. The number of benzene rings is 1. The Morgan fingerprint density at radius 3 is 2.52 bits per heavy atom. The van der Waals surface area contributed by atoms with Crippen LogP contribution < -0.4 is 10.9 Å². The molecule has 2 aromatic rings. The molecule has 1 amide bonds. The van der Waals surface area contributed by atoms with E-state index in [2.05, 4.69) is 15.5 Å². The van der Waals surface area contributed by atoms with Crippen LogP contribution in [-0.4, -0.2) is 30.8 Å². The van der Waals surface area contributed by atoms with Gasteiger partial charge in [-0.2, -0.15) is 5.10 Å². The third kappa shape index (κ3) is 3.54. The zero-order chi connectivity index (χ0) is 15.6. The second kappa shape index (κ2) is 5.49. The minimum absolute atomic E-state index is 0.0266. The van der Waals surface area contributed by atoms with Crippen LogP contribution in [0.4, 0.5) is 5.69 Å². The van der Waals surface area contributed by atoms with Gasteiger partial charge in [-0.05, 0) is 30.7 Å². The lowest BCUT2D eigenvalue weighted by atomic mass is 10.2. The number of carbonyl (C=O) groups is 1. The van der Waals surface area contributed by atoms with Crippen LogP contribution in [0.2, 0.25) is 0 Å². The first-order valence-electron chi connectivity index (χ1n) is 5.95. The van der Waals surface area contributed by atoms with Gasteiger partial charge in [-0.15, -0.1) is 0 Å². The average molecular weight is 307 g/mol. The number of anilines is 1. The molecule has 0 radical (unpaired) electrons. The maximum atomic E-state index is 12.0. The zero-order valence-electron chi connectivity index (χ0n) is 11.4. The van der Waals surface area contributed by atoms with E-state index in [4.69, 9.17) is 0 Å². The Morgan fingerprint density at radius 2 is 1.95 bits per heavy atom. The molecule has 0 fully saturated rings. The monoisotopic (exact) mass is 307 g/mol. The van der Waals surface area contributed by atoms with Crippen LogP contribution in [0.3, 0.4) is 0 Å². The summed E-state index contributed by atoms with van der Waals surface area (Å²) in [4.78, 5) is 23.0. The van der Waals surface area contributed by atoms with Crippen LogP contribution in [0.25, 0.3) is 0 Å². The quantitative estimate of drug-likeness (QED) is 0.869. The van der Waals surface area contributed by atoms with Crippen molar-refractivity contribution in [3.63, 3.8) is 0 Å². The van der Waals surface area contributed by atoms with Crippen molar-refractivity contribution in [1.29, 1.82) is 0 Å². The highest BCUT2D eigenvalue weighted by Gasteiger charge is 2.13. The molecule has 1 aromatic heterocycles. The van der Waals surface area contributed by atoms with E-state index < -0.39 is 21.3 Å². The molecule has 0 spiro atoms. The number of aromatic amines is 1. The number of hydrogen-bond donors (Lipinski definition) is 2. The first-order chi connectivity index (χ1) is 9.77. The Labute approximate surface area is 120 Å². The van der Waals surface area contributed by atoms with E-state index in [1.807, 2.05) is 0 Å². The number of nitrogens with one attached hydrogen (secondary N) is 2. The molecule has 0 atom stereocenters. The van der Waals surface area contributed by atoms with Crippen molar-refractivity contribution in [2.45, 2.75) is 11.8 Å². The SMILES string of the molecule is Cc1ccc(S(C)(=O)=O)cc1NC(=O)c1ccc(=O)[nH]n1. The van der Waals surface area contributed by atoms with E-state index in [9.17, 15) is 18.0 Å². The minimum atomic E-state index is -3.36. The molecule has 2 rings (SSSR count). The van der Waals surface area contributed by atoms with E-state index in [0.29, 0.717) is 11.3 Å². The summed E-state index contributed by atoms with van der Waals surface area (Å²) in [5.41, 5.74) is 0.691. The summed E-state index contributed by atoms with van der Waals surface area (Å²) in [5.74, 6) is -0.542. The average Bonchev–Trinajstić information content (AvgIpc) is 2.40. The number of hydrogen-bond acceptors (Lipinski definition) is 5. The van der Waals surface area contributed by atoms with Gasteiger partial charge in [0, 0.05) is 18.0 Å². The Morgan fingerprint density at radius 1 is 1.24 bits per heavy atom. The van der Waals surface area contributed by atoms with Crippen molar-refractivity contribution in [2.75, 3.05) is 11.6 Å². The van der Waals surface area contributed by atoms with Crippen molar-refractivity contribution < 1.29 is 13.2 Å². The zero-order valence-corrected chi connectivity index (χ0v) is 12.2. The molecule has 21 heavy (non-hydrogen) atoms. The Bertz CT molecular complexity index is 835. The molecule has 1 heterocycles. The fourth-order valence-electron chi connectivity index (χ4n) is 1.62. The largest absolute Gasteiger partial charge is 0.320 e. The summed E-state index contributed by atoms with van der Waals surface area (Å²) >= 11 is 0. The fourth-order valence-corrected chi connectivity index (χ4v) is 2.27. The first kappa shape index (κ1) is 14.9. The topological polar surface area (TPSA) is 109 Å². The molecular weight excluding hydrogens is 294 g/mol. The third-order valence-corrected chi connectivity index (χ3v) is 3.91. The van der Waals surface area contributed by atoms with Crippen LogP contribution in [0.5, 0.6) is 0 Å². The van der Waals surface area contributed by atoms with Gasteiger partial charge in [0.2, 0.25) is 0 Å². The van der Waals surface area contributed by atoms with Gasteiger partial charge in [0.1, 0.15) is 5.69 Å². The van der Waals surface area contributed by atoms with E-state index >= 15 is 0 Å². The van der Waals surface area contributed by atoms with Gasteiger partial charge in [-0.3, -0.25) is 9.59 Å². The van der Waals surface area contributed by atoms with Crippen molar-refractivity contribution in [1.82, 2.24) is 10.2 Å². The van der Waals surface area contributed by atoms with Crippen LogP contribution in [0.15, 0.2) is 40.0 Å². The number of aromatic nitrogens is 2. The van der Waals surface area contributed by atoms with Crippen LogP contribution in [0.1, 0.15) is 16.1 Å². The fraction of sp³-hybridized carbons (Fsp3) is 0.154. The standard InChI is InChI=1S/C13H13N3O4S/c1-8-3-4-9(21(2,19)20)7-11(8)14-13(18)10-5-6-12(17)16-15-10/h3-7H,1-2H3,(H,14,18)(H,16,17). The lowest BCUT2D eigenvalue weighted by Gasteiger charge is -2.09. The molecule has 1 aromatic carbocycles. The molecule has 110 valence electrons. The van der Waals surface area contributed by atoms with Gasteiger partial charge in [-0.25, -0.2) is 13.5 Å². The predicted molar refractivity (Wildman–Crippen MR) is 77.1 cm³/mol. The van der Waals surface area contributed by atoms with Gasteiger partial charge >= 0.3 is 0 Å².